The first-order chi connectivity index (χ1) is 16.5. The number of benzene rings is 2. The van der Waals surface area contributed by atoms with Crippen LogP contribution in [0.4, 0.5) is 4.79 Å². The molecule has 2 aliphatic heterocycles. The summed E-state index contributed by atoms with van der Waals surface area (Å²) in [5.74, 6) is 2.72. The quantitative estimate of drug-likeness (QED) is 0.564. The van der Waals surface area contributed by atoms with Crippen LogP contribution < -0.4 is 9.47 Å². The Morgan fingerprint density at radius 2 is 1.62 bits per heavy atom. The van der Waals surface area contributed by atoms with E-state index in [4.69, 9.17) is 9.47 Å². The Labute approximate surface area is 205 Å². The van der Waals surface area contributed by atoms with Crippen molar-refractivity contribution in [3.8, 4) is 11.5 Å². The van der Waals surface area contributed by atoms with E-state index < -0.39 is 5.41 Å². The number of ether oxygens (including phenoxy) is 2. The van der Waals surface area contributed by atoms with Gasteiger partial charge in [-0.15, -0.1) is 11.8 Å². The van der Waals surface area contributed by atoms with Gasteiger partial charge in [-0.25, -0.2) is 4.79 Å². The molecule has 2 amide bonds. The fourth-order valence-electron chi connectivity index (χ4n) is 5.89. The number of methoxy groups -OCH3 is 2. The average molecular weight is 481 g/mol. The molecule has 0 spiro atoms. The highest BCUT2D eigenvalue weighted by molar-refractivity contribution is 7.99. The van der Waals surface area contributed by atoms with E-state index in [1.165, 1.54) is 0 Å². The Hall–Kier alpha value is -2.67. The summed E-state index contributed by atoms with van der Waals surface area (Å²) < 4.78 is 10.6. The molecule has 0 bridgehead atoms. The summed E-state index contributed by atoms with van der Waals surface area (Å²) in [6.45, 7) is 2.59. The predicted molar refractivity (Wildman–Crippen MR) is 133 cm³/mol. The largest absolute Gasteiger partial charge is 0.497 e. The number of nitrogens with zero attached hydrogens (tertiary/aromatic N) is 2. The fourth-order valence-corrected chi connectivity index (χ4v) is 7.37. The predicted octanol–water partition coefficient (Wildman–Crippen LogP) is 5.27. The Kier molecular flexibility index (Phi) is 6.23. The van der Waals surface area contributed by atoms with E-state index in [1.54, 1.807) is 26.0 Å². The molecule has 2 saturated heterocycles. The highest BCUT2D eigenvalue weighted by atomic mass is 32.2. The summed E-state index contributed by atoms with van der Waals surface area (Å²) in [7, 11) is 3.30. The molecule has 5 rings (SSSR count). The first kappa shape index (κ1) is 23.1. The molecule has 0 N–H and O–H groups in total. The van der Waals surface area contributed by atoms with Crippen LogP contribution in [0.2, 0.25) is 0 Å². The molecule has 34 heavy (non-hydrogen) atoms. The summed E-state index contributed by atoms with van der Waals surface area (Å²) in [6, 6.07) is 15.7. The lowest BCUT2D eigenvalue weighted by Crippen LogP contribution is -2.53. The molecule has 3 fully saturated rings. The first-order valence-corrected chi connectivity index (χ1v) is 13.0. The van der Waals surface area contributed by atoms with Crippen molar-refractivity contribution in [2.45, 2.75) is 56.6 Å². The average Bonchev–Trinajstić information content (AvgIpc) is 3.41. The smallest absolute Gasteiger partial charge is 0.322 e. The van der Waals surface area contributed by atoms with Crippen LogP contribution in [0.3, 0.4) is 0 Å². The van der Waals surface area contributed by atoms with Gasteiger partial charge in [0.1, 0.15) is 22.7 Å². The van der Waals surface area contributed by atoms with E-state index >= 15 is 0 Å². The van der Waals surface area contributed by atoms with E-state index in [0.29, 0.717) is 18.7 Å². The number of carbonyl (C=O) groups excluding carboxylic acids is 2. The molecule has 3 aliphatic rings. The third kappa shape index (κ3) is 3.84. The van der Waals surface area contributed by atoms with Crippen LogP contribution in [-0.2, 0) is 11.3 Å². The van der Waals surface area contributed by atoms with Gasteiger partial charge in [-0.3, -0.25) is 4.79 Å². The van der Waals surface area contributed by atoms with Crippen LogP contribution in [0, 0.1) is 5.41 Å². The highest BCUT2D eigenvalue weighted by Crippen LogP contribution is 2.53. The van der Waals surface area contributed by atoms with Crippen LogP contribution in [0.15, 0.2) is 48.5 Å². The van der Waals surface area contributed by atoms with Crippen molar-refractivity contribution >= 4 is 23.6 Å². The number of carbonyl (C=O) groups is 2. The molecule has 6 nitrogen and oxygen atoms in total. The lowest BCUT2D eigenvalue weighted by Gasteiger charge is -2.42. The number of rotatable bonds is 6. The maximum absolute atomic E-state index is 14.0. The number of urea groups is 1. The van der Waals surface area contributed by atoms with Crippen LogP contribution >= 0.6 is 11.8 Å². The third-order valence-corrected chi connectivity index (χ3v) is 9.10. The molecule has 1 aliphatic carbocycles. The zero-order valence-electron chi connectivity index (χ0n) is 20.0. The molecule has 4 unspecified atom stereocenters. The van der Waals surface area contributed by atoms with Gasteiger partial charge in [0.2, 0.25) is 0 Å². The molecule has 1 saturated carbocycles. The van der Waals surface area contributed by atoms with Crippen LogP contribution in [0.25, 0.3) is 0 Å². The van der Waals surface area contributed by atoms with E-state index in [2.05, 4.69) is 6.92 Å². The molecule has 180 valence electrons. The SMILES string of the molecule is COc1ccc(CN2C(=O)N3C(c4ccc(OC)cc4)SCC3C2C2(C)CCCCC2=O)cc1. The molecule has 0 aromatic heterocycles. The zero-order chi connectivity index (χ0) is 23.9. The molecule has 0 radical (unpaired) electrons. The molecule has 4 atom stereocenters. The van der Waals surface area contributed by atoms with Gasteiger partial charge in [0, 0.05) is 24.1 Å². The first-order valence-electron chi connectivity index (χ1n) is 12.0. The van der Waals surface area contributed by atoms with Crippen LogP contribution in [0.5, 0.6) is 11.5 Å². The molecule has 7 heteroatoms. The van der Waals surface area contributed by atoms with Crippen molar-refractivity contribution in [3.05, 3.63) is 59.7 Å². The summed E-state index contributed by atoms with van der Waals surface area (Å²) in [4.78, 5) is 31.3. The fraction of sp³-hybridized carbons (Fsp3) is 0.481. The van der Waals surface area contributed by atoms with Gasteiger partial charge in [-0.2, -0.15) is 0 Å². The minimum Gasteiger partial charge on any atom is -0.497 e. The number of ketones is 1. The van der Waals surface area contributed by atoms with E-state index in [0.717, 1.165) is 47.6 Å². The maximum atomic E-state index is 14.0. The highest BCUT2D eigenvalue weighted by Gasteiger charge is 2.60. The molecule has 2 aromatic carbocycles. The summed E-state index contributed by atoms with van der Waals surface area (Å²) in [6.07, 6.45) is 3.43. The second kappa shape index (κ2) is 9.17. The van der Waals surface area contributed by atoms with Gasteiger partial charge >= 0.3 is 6.03 Å². The van der Waals surface area contributed by atoms with Crippen LogP contribution in [0.1, 0.15) is 49.1 Å². The van der Waals surface area contributed by atoms with Gasteiger partial charge in [0.05, 0.1) is 26.3 Å². The normalized spacial score (nSPS) is 28.9. The Morgan fingerprint density at radius 1 is 0.971 bits per heavy atom. The van der Waals surface area contributed by atoms with Crippen molar-refractivity contribution < 1.29 is 19.1 Å². The molecular weight excluding hydrogens is 448 g/mol. The Balaban J connectivity index is 1.50. The minimum atomic E-state index is -0.519. The van der Waals surface area contributed by atoms with Crippen molar-refractivity contribution in [2.75, 3.05) is 20.0 Å². The summed E-state index contributed by atoms with van der Waals surface area (Å²) in [5.41, 5.74) is 1.61. The van der Waals surface area contributed by atoms with Crippen LogP contribution in [-0.4, -0.2) is 53.7 Å². The lowest BCUT2D eigenvalue weighted by atomic mass is 9.67. The second-order valence-electron chi connectivity index (χ2n) is 9.68. The number of fused-ring (bicyclic) bond motifs is 1. The number of hydrogen-bond donors (Lipinski definition) is 0. The second-order valence-corrected chi connectivity index (χ2v) is 10.8. The Bertz CT molecular complexity index is 1060. The van der Waals surface area contributed by atoms with Gasteiger partial charge in [-0.05, 0) is 48.2 Å². The monoisotopic (exact) mass is 480 g/mol. The van der Waals surface area contributed by atoms with Crippen molar-refractivity contribution in [3.63, 3.8) is 0 Å². The van der Waals surface area contributed by atoms with Crippen molar-refractivity contribution in [2.24, 2.45) is 5.41 Å². The Morgan fingerprint density at radius 3 is 2.24 bits per heavy atom. The van der Waals surface area contributed by atoms with E-state index in [1.807, 2.05) is 58.3 Å². The van der Waals surface area contributed by atoms with Gasteiger partial charge < -0.3 is 19.3 Å². The van der Waals surface area contributed by atoms with Crippen molar-refractivity contribution in [1.82, 2.24) is 9.80 Å². The number of hydrogen-bond acceptors (Lipinski definition) is 5. The molecule has 2 aromatic rings. The van der Waals surface area contributed by atoms with Gasteiger partial charge in [-0.1, -0.05) is 37.6 Å². The number of thioether (sulfide) groups is 1. The summed E-state index contributed by atoms with van der Waals surface area (Å²) in [5, 5.41) is -0.0610. The summed E-state index contributed by atoms with van der Waals surface area (Å²) >= 11 is 1.80. The lowest BCUT2D eigenvalue weighted by molar-refractivity contribution is -0.134. The minimum absolute atomic E-state index is 0.00917. The number of amides is 2. The standard InChI is InChI=1S/C27H32N2O4S/c1-27(15-5-4-6-23(27)30)24-22-17-34-25(19-9-13-21(33-3)14-10-19)29(22)26(31)28(24)16-18-7-11-20(32-2)12-8-18/h7-14,22,24-25H,4-6,15-17H2,1-3H3. The van der Waals surface area contributed by atoms with Gasteiger partial charge in [0.25, 0.3) is 0 Å². The third-order valence-electron chi connectivity index (χ3n) is 7.75. The zero-order valence-corrected chi connectivity index (χ0v) is 20.8. The topological polar surface area (TPSA) is 59.1 Å². The molecule has 2 heterocycles. The van der Waals surface area contributed by atoms with Gasteiger partial charge in [0.15, 0.2) is 0 Å². The van der Waals surface area contributed by atoms with E-state index in [9.17, 15) is 9.59 Å². The maximum Gasteiger partial charge on any atom is 0.322 e. The number of Topliss-reactive ketones (excluding diaryl/α,β-unsaturated/α-hetero) is 1. The molecular formula is C27H32N2O4S. The van der Waals surface area contributed by atoms with Crippen molar-refractivity contribution in [1.29, 1.82) is 0 Å². The van der Waals surface area contributed by atoms with E-state index in [-0.39, 0.29) is 23.5 Å².